The SMILES string of the molecule is Cc1cc(C)cc(Cc2csc(N3CCC(S(=O)(=O)c4ccc([N+](=O)[O-])cc4)CC3)n2)c1. The third-order valence-corrected chi connectivity index (χ3v) is 8.96. The molecule has 0 saturated carbocycles. The Labute approximate surface area is 191 Å². The van der Waals surface area contributed by atoms with Crippen LogP contribution in [-0.4, -0.2) is 36.7 Å². The summed E-state index contributed by atoms with van der Waals surface area (Å²) in [5, 5.41) is 13.3. The number of hydrogen-bond donors (Lipinski definition) is 0. The fourth-order valence-corrected chi connectivity index (χ4v) is 6.82. The molecule has 0 atom stereocenters. The number of piperidine rings is 1. The number of nitrogens with zero attached hydrogens (tertiary/aromatic N) is 3. The number of benzene rings is 2. The predicted octanol–water partition coefficient (Wildman–Crippen LogP) is 4.70. The summed E-state index contributed by atoms with van der Waals surface area (Å²) < 4.78 is 25.9. The van der Waals surface area contributed by atoms with Crippen LogP contribution in [0.4, 0.5) is 10.8 Å². The quantitative estimate of drug-likeness (QED) is 0.382. The van der Waals surface area contributed by atoms with Gasteiger partial charge in [0.25, 0.3) is 5.69 Å². The zero-order valence-corrected chi connectivity index (χ0v) is 19.7. The molecule has 1 fully saturated rings. The monoisotopic (exact) mass is 471 g/mol. The second-order valence-electron chi connectivity index (χ2n) is 8.28. The first-order valence-electron chi connectivity index (χ1n) is 10.5. The standard InChI is InChI=1S/C23H25N3O4S2/c1-16-11-17(2)13-18(12-16)14-19-15-31-23(24-19)25-9-7-22(8-10-25)32(29,30)21-5-3-20(4-6-21)26(27)28/h3-6,11-13,15,22H,7-10,14H2,1-2H3. The largest absolute Gasteiger partial charge is 0.348 e. The molecule has 2 heterocycles. The van der Waals surface area contributed by atoms with Crippen molar-refractivity contribution in [2.45, 2.75) is 43.3 Å². The van der Waals surface area contributed by atoms with Gasteiger partial charge in [0.1, 0.15) is 0 Å². The Hall–Kier alpha value is -2.78. The minimum Gasteiger partial charge on any atom is -0.348 e. The van der Waals surface area contributed by atoms with Gasteiger partial charge < -0.3 is 4.90 Å². The van der Waals surface area contributed by atoms with Crippen molar-refractivity contribution in [1.29, 1.82) is 0 Å². The molecule has 0 spiro atoms. The molecule has 1 aliphatic rings. The number of nitro benzene ring substituents is 1. The average molecular weight is 472 g/mol. The van der Waals surface area contributed by atoms with Gasteiger partial charge in [-0.05, 0) is 44.4 Å². The molecule has 4 rings (SSSR count). The van der Waals surface area contributed by atoms with E-state index in [9.17, 15) is 18.5 Å². The van der Waals surface area contributed by atoms with Gasteiger partial charge in [0, 0.05) is 37.0 Å². The van der Waals surface area contributed by atoms with E-state index in [0.717, 1.165) is 17.2 Å². The van der Waals surface area contributed by atoms with Gasteiger partial charge in [0.2, 0.25) is 0 Å². The number of thiazole rings is 1. The maximum Gasteiger partial charge on any atom is 0.269 e. The van der Waals surface area contributed by atoms with E-state index in [1.165, 1.54) is 41.0 Å². The molecule has 0 aliphatic carbocycles. The van der Waals surface area contributed by atoms with E-state index in [2.05, 4.69) is 42.3 Å². The number of nitro groups is 1. The molecular formula is C23H25N3O4S2. The van der Waals surface area contributed by atoms with Crippen LogP contribution in [0.25, 0.3) is 0 Å². The average Bonchev–Trinajstić information content (AvgIpc) is 3.21. The maximum absolute atomic E-state index is 13.0. The summed E-state index contributed by atoms with van der Waals surface area (Å²) in [4.78, 5) is 17.4. The lowest BCUT2D eigenvalue weighted by atomic mass is 10.0. The highest BCUT2D eigenvalue weighted by Gasteiger charge is 2.32. The lowest BCUT2D eigenvalue weighted by Gasteiger charge is -2.31. The van der Waals surface area contributed by atoms with Crippen LogP contribution in [0.3, 0.4) is 0 Å². The summed E-state index contributed by atoms with van der Waals surface area (Å²) in [7, 11) is -3.52. The highest BCUT2D eigenvalue weighted by atomic mass is 32.2. The first kappa shape index (κ1) is 22.4. The molecule has 32 heavy (non-hydrogen) atoms. The van der Waals surface area contributed by atoms with Gasteiger partial charge in [-0.25, -0.2) is 13.4 Å². The number of aryl methyl sites for hydroxylation is 2. The maximum atomic E-state index is 13.0. The number of anilines is 1. The molecule has 2 aromatic carbocycles. The van der Waals surface area contributed by atoms with Crippen LogP contribution in [0.2, 0.25) is 0 Å². The van der Waals surface area contributed by atoms with E-state index in [-0.39, 0.29) is 10.6 Å². The van der Waals surface area contributed by atoms with Crippen molar-refractivity contribution >= 4 is 32.0 Å². The molecule has 7 nitrogen and oxygen atoms in total. The molecule has 0 radical (unpaired) electrons. The second kappa shape index (κ2) is 8.99. The second-order valence-corrected chi connectivity index (χ2v) is 11.3. The summed E-state index contributed by atoms with van der Waals surface area (Å²) >= 11 is 1.59. The van der Waals surface area contributed by atoms with Crippen molar-refractivity contribution in [2.75, 3.05) is 18.0 Å². The van der Waals surface area contributed by atoms with Crippen LogP contribution < -0.4 is 4.90 Å². The zero-order chi connectivity index (χ0) is 22.9. The van der Waals surface area contributed by atoms with Gasteiger partial charge in [-0.1, -0.05) is 29.3 Å². The fourth-order valence-electron chi connectivity index (χ4n) is 4.21. The van der Waals surface area contributed by atoms with Crippen LogP contribution in [0.1, 0.15) is 35.2 Å². The Morgan fingerprint density at radius 1 is 1.09 bits per heavy atom. The molecular weight excluding hydrogens is 446 g/mol. The Morgan fingerprint density at radius 2 is 1.72 bits per heavy atom. The van der Waals surface area contributed by atoms with E-state index in [1.807, 2.05) is 0 Å². The van der Waals surface area contributed by atoms with Crippen molar-refractivity contribution < 1.29 is 13.3 Å². The van der Waals surface area contributed by atoms with Gasteiger partial charge in [0.15, 0.2) is 15.0 Å². The summed E-state index contributed by atoms with van der Waals surface area (Å²) in [5.41, 5.74) is 4.64. The van der Waals surface area contributed by atoms with E-state index in [1.54, 1.807) is 11.3 Å². The third kappa shape index (κ3) is 4.83. The van der Waals surface area contributed by atoms with Gasteiger partial charge in [-0.15, -0.1) is 11.3 Å². The van der Waals surface area contributed by atoms with Crippen LogP contribution >= 0.6 is 11.3 Å². The van der Waals surface area contributed by atoms with Crippen molar-refractivity contribution in [2.24, 2.45) is 0 Å². The molecule has 0 bridgehead atoms. The minimum atomic E-state index is -3.52. The zero-order valence-electron chi connectivity index (χ0n) is 18.0. The Balaban J connectivity index is 1.40. The normalized spacial score (nSPS) is 15.1. The van der Waals surface area contributed by atoms with E-state index < -0.39 is 20.0 Å². The molecule has 9 heteroatoms. The highest BCUT2D eigenvalue weighted by molar-refractivity contribution is 7.92. The Kier molecular flexibility index (Phi) is 6.30. The summed E-state index contributed by atoms with van der Waals surface area (Å²) in [6.45, 7) is 5.43. The number of rotatable bonds is 6. The van der Waals surface area contributed by atoms with Crippen molar-refractivity contribution in [3.8, 4) is 0 Å². The molecule has 0 N–H and O–H groups in total. The van der Waals surface area contributed by atoms with E-state index in [0.29, 0.717) is 25.9 Å². The van der Waals surface area contributed by atoms with Gasteiger partial charge >= 0.3 is 0 Å². The van der Waals surface area contributed by atoms with Crippen LogP contribution in [0.15, 0.2) is 52.7 Å². The summed E-state index contributed by atoms with van der Waals surface area (Å²) in [6, 6.07) is 11.7. The molecule has 0 amide bonds. The van der Waals surface area contributed by atoms with Gasteiger partial charge in [-0.3, -0.25) is 10.1 Å². The number of aromatic nitrogens is 1. The predicted molar refractivity (Wildman–Crippen MR) is 126 cm³/mol. The molecule has 1 aliphatic heterocycles. The molecule has 1 aromatic heterocycles. The topological polar surface area (TPSA) is 93.4 Å². The van der Waals surface area contributed by atoms with Crippen LogP contribution in [-0.2, 0) is 16.3 Å². The first-order chi connectivity index (χ1) is 15.2. The summed E-state index contributed by atoms with van der Waals surface area (Å²) in [6.07, 6.45) is 1.79. The van der Waals surface area contributed by atoms with Gasteiger partial charge in [0.05, 0.1) is 20.8 Å². The molecule has 0 unspecified atom stereocenters. The minimum absolute atomic E-state index is 0.112. The third-order valence-electron chi connectivity index (χ3n) is 5.73. The lowest BCUT2D eigenvalue weighted by Crippen LogP contribution is -2.39. The highest BCUT2D eigenvalue weighted by Crippen LogP contribution is 2.30. The van der Waals surface area contributed by atoms with Crippen molar-refractivity contribution in [3.05, 3.63) is 80.3 Å². The Bertz CT molecular complexity index is 1210. The number of non-ortho nitro benzene ring substituents is 1. The van der Waals surface area contributed by atoms with Crippen molar-refractivity contribution in [3.63, 3.8) is 0 Å². The van der Waals surface area contributed by atoms with Gasteiger partial charge in [-0.2, -0.15) is 0 Å². The fraction of sp³-hybridized carbons (Fsp3) is 0.348. The van der Waals surface area contributed by atoms with Crippen LogP contribution in [0.5, 0.6) is 0 Å². The lowest BCUT2D eigenvalue weighted by molar-refractivity contribution is -0.384. The smallest absolute Gasteiger partial charge is 0.269 e. The van der Waals surface area contributed by atoms with Crippen molar-refractivity contribution in [1.82, 2.24) is 4.98 Å². The van der Waals surface area contributed by atoms with E-state index in [4.69, 9.17) is 4.98 Å². The number of hydrogen-bond acceptors (Lipinski definition) is 7. The van der Waals surface area contributed by atoms with Crippen LogP contribution in [0, 0.1) is 24.0 Å². The summed E-state index contributed by atoms with van der Waals surface area (Å²) in [5.74, 6) is 0. The number of sulfone groups is 1. The Morgan fingerprint density at radius 3 is 2.31 bits per heavy atom. The van der Waals surface area contributed by atoms with E-state index >= 15 is 0 Å². The first-order valence-corrected chi connectivity index (χ1v) is 12.9. The molecule has 1 saturated heterocycles. The molecule has 168 valence electrons. The molecule has 3 aromatic rings.